The summed E-state index contributed by atoms with van der Waals surface area (Å²) in [4.78, 5) is 1.65. The molecule has 0 bridgehead atoms. The van der Waals surface area contributed by atoms with Crippen molar-refractivity contribution in [2.24, 2.45) is 5.92 Å². The van der Waals surface area contributed by atoms with Gasteiger partial charge in [-0.25, -0.2) is 8.42 Å². The third-order valence-corrected chi connectivity index (χ3v) is 6.36. The Labute approximate surface area is 132 Å². The highest BCUT2D eigenvalue weighted by Gasteiger charge is 2.45. The fraction of sp³-hybridized carbons (Fsp3) is 0.571. The van der Waals surface area contributed by atoms with Crippen LogP contribution in [0, 0.1) is 5.92 Å². The van der Waals surface area contributed by atoms with Crippen LogP contribution < -0.4 is 4.74 Å². The molecule has 2 atom stereocenters. The van der Waals surface area contributed by atoms with Crippen LogP contribution in [0.2, 0.25) is 0 Å². The Bertz CT molecular complexity index is 693. The minimum absolute atomic E-state index is 0.125. The van der Waals surface area contributed by atoms with Crippen molar-refractivity contribution in [1.29, 1.82) is 0 Å². The van der Waals surface area contributed by atoms with Gasteiger partial charge in [-0.2, -0.15) is 4.31 Å². The summed E-state index contributed by atoms with van der Waals surface area (Å²) >= 11 is 0. The molecule has 0 unspecified atom stereocenters. The van der Waals surface area contributed by atoms with E-state index in [4.69, 9.17) is 0 Å². The standard InChI is InChI=1S/C14H17F3N2O3S/c1-18-7-6-10-8-19(9-11(10)18)23(20,21)13-5-3-2-4-12(13)22-14(15,16)17/h2-5,10-11H,6-9H2,1H3/t10-,11+/m0/s1. The number of para-hydroxylation sites is 1. The number of rotatable bonds is 3. The number of likely N-dealkylation sites (tertiary alicyclic amines) is 1. The molecule has 5 nitrogen and oxygen atoms in total. The first-order valence-corrected chi connectivity index (χ1v) is 8.67. The summed E-state index contributed by atoms with van der Waals surface area (Å²) in [6, 6.07) is 4.99. The Morgan fingerprint density at radius 1 is 1.22 bits per heavy atom. The Hall–Kier alpha value is -1.32. The summed E-state index contributed by atoms with van der Waals surface area (Å²) in [5.41, 5.74) is 0. The van der Waals surface area contributed by atoms with Crippen LogP contribution in [0.3, 0.4) is 0 Å². The van der Waals surface area contributed by atoms with E-state index >= 15 is 0 Å². The van der Waals surface area contributed by atoms with E-state index in [0.29, 0.717) is 13.1 Å². The van der Waals surface area contributed by atoms with E-state index in [9.17, 15) is 21.6 Å². The molecule has 0 amide bonds. The first-order chi connectivity index (χ1) is 10.7. The van der Waals surface area contributed by atoms with Gasteiger partial charge in [0, 0.05) is 19.1 Å². The maximum absolute atomic E-state index is 12.7. The van der Waals surface area contributed by atoms with E-state index in [1.54, 1.807) is 0 Å². The molecule has 1 aromatic carbocycles. The lowest BCUT2D eigenvalue weighted by atomic mass is 10.1. The number of fused-ring (bicyclic) bond motifs is 1. The number of hydrogen-bond acceptors (Lipinski definition) is 4. The highest BCUT2D eigenvalue weighted by molar-refractivity contribution is 7.89. The highest BCUT2D eigenvalue weighted by Crippen LogP contribution is 2.36. The second-order valence-corrected chi connectivity index (χ2v) is 7.82. The van der Waals surface area contributed by atoms with Gasteiger partial charge in [-0.1, -0.05) is 12.1 Å². The molecule has 0 saturated carbocycles. The van der Waals surface area contributed by atoms with E-state index in [2.05, 4.69) is 9.64 Å². The molecule has 2 aliphatic rings. The van der Waals surface area contributed by atoms with Gasteiger partial charge in [0.2, 0.25) is 10.0 Å². The van der Waals surface area contributed by atoms with Crippen LogP contribution in [0.5, 0.6) is 5.75 Å². The number of hydrogen-bond donors (Lipinski definition) is 0. The van der Waals surface area contributed by atoms with Crippen molar-refractivity contribution < 1.29 is 26.3 Å². The zero-order valence-electron chi connectivity index (χ0n) is 12.5. The lowest BCUT2D eigenvalue weighted by Crippen LogP contribution is -2.35. The van der Waals surface area contributed by atoms with Crippen LogP contribution in [-0.4, -0.2) is 56.7 Å². The number of benzene rings is 1. The first-order valence-electron chi connectivity index (χ1n) is 7.23. The second kappa shape index (κ2) is 5.64. The lowest BCUT2D eigenvalue weighted by Gasteiger charge is -2.22. The van der Waals surface area contributed by atoms with Crippen molar-refractivity contribution >= 4 is 10.0 Å². The molecule has 2 saturated heterocycles. The Morgan fingerprint density at radius 3 is 2.57 bits per heavy atom. The van der Waals surface area contributed by atoms with Crippen molar-refractivity contribution in [3.8, 4) is 5.75 Å². The van der Waals surface area contributed by atoms with Crippen LogP contribution in [0.4, 0.5) is 13.2 Å². The number of ether oxygens (including phenoxy) is 1. The maximum Gasteiger partial charge on any atom is 0.573 e. The molecule has 0 aromatic heterocycles. The van der Waals surface area contributed by atoms with Crippen LogP contribution in [0.1, 0.15) is 6.42 Å². The van der Waals surface area contributed by atoms with Gasteiger partial charge in [0.25, 0.3) is 0 Å². The van der Waals surface area contributed by atoms with Crippen molar-refractivity contribution in [2.75, 3.05) is 26.7 Å². The zero-order chi connectivity index (χ0) is 16.8. The normalized spacial score (nSPS) is 26.4. The summed E-state index contributed by atoms with van der Waals surface area (Å²) in [7, 11) is -2.09. The Morgan fingerprint density at radius 2 is 1.91 bits per heavy atom. The van der Waals surface area contributed by atoms with Gasteiger partial charge in [-0.15, -0.1) is 13.2 Å². The van der Waals surface area contributed by atoms with Crippen LogP contribution >= 0.6 is 0 Å². The summed E-state index contributed by atoms with van der Waals surface area (Å²) in [6.07, 6.45) is -4.04. The van der Waals surface area contributed by atoms with E-state index < -0.39 is 27.0 Å². The van der Waals surface area contributed by atoms with Crippen LogP contribution in [0.25, 0.3) is 0 Å². The molecule has 23 heavy (non-hydrogen) atoms. The van der Waals surface area contributed by atoms with Crippen LogP contribution in [0.15, 0.2) is 29.2 Å². The smallest absolute Gasteiger partial charge is 0.404 e. The third-order valence-electron chi connectivity index (χ3n) is 4.48. The van der Waals surface area contributed by atoms with E-state index in [1.807, 2.05) is 7.05 Å². The summed E-state index contributed by atoms with van der Waals surface area (Å²) in [6.45, 7) is 1.54. The van der Waals surface area contributed by atoms with Crippen molar-refractivity contribution in [2.45, 2.75) is 23.7 Å². The molecule has 0 radical (unpaired) electrons. The fourth-order valence-electron chi connectivity index (χ4n) is 3.34. The molecular weight excluding hydrogens is 333 g/mol. The largest absolute Gasteiger partial charge is 0.573 e. The quantitative estimate of drug-likeness (QED) is 0.836. The Kier molecular flexibility index (Phi) is 4.06. The number of nitrogens with zero attached hydrogens (tertiary/aromatic N) is 2. The van der Waals surface area contributed by atoms with Gasteiger partial charge in [0.1, 0.15) is 10.6 Å². The number of halogens is 3. The van der Waals surface area contributed by atoms with Crippen LogP contribution in [-0.2, 0) is 10.0 Å². The lowest BCUT2D eigenvalue weighted by molar-refractivity contribution is -0.275. The Balaban J connectivity index is 1.89. The van der Waals surface area contributed by atoms with E-state index in [0.717, 1.165) is 25.1 Å². The molecule has 1 aromatic rings. The van der Waals surface area contributed by atoms with Crippen molar-refractivity contribution in [1.82, 2.24) is 9.21 Å². The predicted octanol–water partition coefficient (Wildman–Crippen LogP) is 1.91. The number of sulfonamides is 1. The van der Waals surface area contributed by atoms with Gasteiger partial charge in [-0.3, -0.25) is 0 Å². The topological polar surface area (TPSA) is 49.9 Å². The fourth-order valence-corrected chi connectivity index (χ4v) is 4.97. The maximum atomic E-state index is 12.7. The van der Waals surface area contributed by atoms with Gasteiger partial charge in [0.15, 0.2) is 0 Å². The molecule has 2 heterocycles. The zero-order valence-corrected chi connectivity index (χ0v) is 13.3. The molecule has 3 rings (SSSR count). The van der Waals surface area contributed by atoms with Gasteiger partial charge < -0.3 is 9.64 Å². The van der Waals surface area contributed by atoms with E-state index in [1.165, 1.54) is 16.4 Å². The predicted molar refractivity (Wildman–Crippen MR) is 76.4 cm³/mol. The molecule has 2 aliphatic heterocycles. The second-order valence-electron chi connectivity index (χ2n) is 5.91. The average molecular weight is 350 g/mol. The third kappa shape index (κ3) is 3.17. The number of likely N-dealkylation sites (N-methyl/N-ethyl adjacent to an activating group) is 1. The molecule has 128 valence electrons. The van der Waals surface area contributed by atoms with Crippen molar-refractivity contribution in [3.05, 3.63) is 24.3 Å². The SMILES string of the molecule is CN1CC[C@H]2CN(S(=O)(=O)c3ccccc3OC(F)(F)F)C[C@H]21. The van der Waals surface area contributed by atoms with E-state index in [-0.39, 0.29) is 12.0 Å². The molecule has 0 aliphatic carbocycles. The van der Waals surface area contributed by atoms with Gasteiger partial charge >= 0.3 is 6.36 Å². The van der Waals surface area contributed by atoms with Gasteiger partial charge in [0.05, 0.1) is 0 Å². The minimum Gasteiger partial charge on any atom is -0.404 e. The monoisotopic (exact) mass is 350 g/mol. The molecule has 2 fully saturated rings. The summed E-state index contributed by atoms with van der Waals surface area (Å²) < 4.78 is 68.1. The first kappa shape index (κ1) is 16.5. The molecular formula is C14H17F3N2O3S. The molecule has 0 N–H and O–H groups in total. The van der Waals surface area contributed by atoms with Gasteiger partial charge in [-0.05, 0) is 38.1 Å². The molecule has 9 heteroatoms. The van der Waals surface area contributed by atoms with Crippen molar-refractivity contribution in [3.63, 3.8) is 0 Å². The summed E-state index contributed by atoms with van der Waals surface area (Å²) in [5, 5.41) is 0. The summed E-state index contributed by atoms with van der Waals surface area (Å²) in [5.74, 6) is -0.462. The minimum atomic E-state index is -4.94. The number of alkyl halides is 3. The molecule has 0 spiro atoms. The highest BCUT2D eigenvalue weighted by atomic mass is 32.2. The average Bonchev–Trinajstić information content (AvgIpc) is 3.00.